The summed E-state index contributed by atoms with van der Waals surface area (Å²) in [5, 5.41) is 6.97. The van der Waals surface area contributed by atoms with E-state index in [4.69, 9.17) is 0 Å². The molecule has 1 heterocycles. The maximum absolute atomic E-state index is 12.5. The zero-order chi connectivity index (χ0) is 19.3. The molecule has 0 spiro atoms. The molecule has 3 aromatic rings. The molecule has 0 saturated carbocycles. The molecule has 140 valence electrons. The quantitative estimate of drug-likeness (QED) is 0.680. The maximum atomic E-state index is 12.5. The summed E-state index contributed by atoms with van der Waals surface area (Å²) in [7, 11) is -3.46. The van der Waals surface area contributed by atoms with Gasteiger partial charge >= 0.3 is 0 Å². The number of aromatic nitrogens is 2. The van der Waals surface area contributed by atoms with E-state index in [1.807, 2.05) is 41.2 Å². The van der Waals surface area contributed by atoms with Gasteiger partial charge in [-0.3, -0.25) is 9.48 Å². The number of hydrogen-bond acceptors (Lipinski definition) is 4. The average molecular weight is 383 g/mol. The number of benzene rings is 2. The predicted molar refractivity (Wildman–Crippen MR) is 103 cm³/mol. The van der Waals surface area contributed by atoms with Crippen LogP contribution in [-0.2, 0) is 22.9 Å². The Kier molecular flexibility index (Phi) is 5.71. The van der Waals surface area contributed by atoms with Gasteiger partial charge in [-0.05, 0) is 29.3 Å². The van der Waals surface area contributed by atoms with Crippen LogP contribution in [0.1, 0.15) is 28.4 Å². The molecule has 0 unspecified atom stereocenters. The van der Waals surface area contributed by atoms with Crippen molar-refractivity contribution in [2.45, 2.75) is 24.9 Å². The van der Waals surface area contributed by atoms with Crippen LogP contribution in [0.15, 0.2) is 71.9 Å². The predicted octanol–water partition coefficient (Wildman–Crippen LogP) is 2.66. The molecule has 0 aliphatic rings. The second kappa shape index (κ2) is 8.18. The van der Waals surface area contributed by atoms with Gasteiger partial charge in [0.25, 0.3) is 5.91 Å². The minimum absolute atomic E-state index is 0.0466. The molecule has 1 N–H and O–H groups in total. The number of rotatable bonds is 7. The van der Waals surface area contributed by atoms with Crippen molar-refractivity contribution in [2.75, 3.05) is 5.75 Å². The van der Waals surface area contributed by atoms with Crippen LogP contribution >= 0.6 is 0 Å². The zero-order valence-electron chi connectivity index (χ0n) is 15.0. The van der Waals surface area contributed by atoms with Gasteiger partial charge < -0.3 is 5.32 Å². The van der Waals surface area contributed by atoms with Crippen molar-refractivity contribution >= 4 is 15.7 Å². The second-order valence-electron chi connectivity index (χ2n) is 6.10. The van der Waals surface area contributed by atoms with Gasteiger partial charge in [-0.1, -0.05) is 43.3 Å². The molecule has 0 radical (unpaired) electrons. The van der Waals surface area contributed by atoms with Gasteiger partial charge in [0.05, 0.1) is 22.8 Å². The van der Waals surface area contributed by atoms with Crippen molar-refractivity contribution in [2.24, 2.45) is 0 Å². The van der Waals surface area contributed by atoms with Gasteiger partial charge in [-0.2, -0.15) is 5.10 Å². The van der Waals surface area contributed by atoms with E-state index in [0.717, 1.165) is 11.1 Å². The van der Waals surface area contributed by atoms with Crippen LogP contribution in [0.5, 0.6) is 0 Å². The largest absolute Gasteiger partial charge is 0.348 e. The molecule has 0 atom stereocenters. The topological polar surface area (TPSA) is 81.1 Å². The monoisotopic (exact) mass is 383 g/mol. The number of amides is 1. The van der Waals surface area contributed by atoms with E-state index >= 15 is 0 Å². The normalized spacial score (nSPS) is 11.3. The molecule has 1 amide bonds. The maximum Gasteiger partial charge on any atom is 0.252 e. The lowest BCUT2D eigenvalue weighted by molar-refractivity contribution is 0.0947. The Bertz CT molecular complexity index is 1010. The molecular formula is C20H21N3O3S. The molecule has 7 heteroatoms. The highest BCUT2D eigenvalue weighted by atomic mass is 32.2. The summed E-state index contributed by atoms with van der Waals surface area (Å²) < 4.78 is 26.2. The number of carbonyl (C=O) groups is 1. The molecule has 0 bridgehead atoms. The third kappa shape index (κ3) is 4.62. The van der Waals surface area contributed by atoms with E-state index in [1.165, 1.54) is 12.1 Å². The van der Waals surface area contributed by atoms with E-state index < -0.39 is 15.7 Å². The van der Waals surface area contributed by atoms with Crippen molar-refractivity contribution in [3.63, 3.8) is 0 Å². The van der Waals surface area contributed by atoms with Crippen LogP contribution in [0.25, 0.3) is 0 Å². The molecule has 2 aromatic carbocycles. The summed E-state index contributed by atoms with van der Waals surface area (Å²) in [5.41, 5.74) is 2.21. The highest BCUT2D eigenvalue weighted by Crippen LogP contribution is 2.17. The Morgan fingerprint density at radius 2 is 1.74 bits per heavy atom. The lowest BCUT2D eigenvalue weighted by Crippen LogP contribution is -2.25. The van der Waals surface area contributed by atoms with Crippen LogP contribution in [0, 0.1) is 0 Å². The third-order valence-electron chi connectivity index (χ3n) is 4.23. The summed E-state index contributed by atoms with van der Waals surface area (Å²) >= 11 is 0. The van der Waals surface area contributed by atoms with Crippen LogP contribution in [0.2, 0.25) is 0 Å². The van der Waals surface area contributed by atoms with Crippen LogP contribution < -0.4 is 5.32 Å². The summed E-state index contributed by atoms with van der Waals surface area (Å²) in [5.74, 6) is -0.446. The van der Waals surface area contributed by atoms with E-state index in [9.17, 15) is 13.2 Å². The summed E-state index contributed by atoms with van der Waals surface area (Å²) in [6.07, 6.45) is 3.64. The van der Waals surface area contributed by atoms with E-state index in [-0.39, 0.29) is 16.2 Å². The molecular weight excluding hydrogens is 362 g/mol. The minimum atomic E-state index is -3.46. The van der Waals surface area contributed by atoms with Crippen LogP contribution in [-0.4, -0.2) is 29.9 Å². The number of hydrogen-bond donors (Lipinski definition) is 1. The Morgan fingerprint density at radius 3 is 2.41 bits per heavy atom. The Morgan fingerprint density at radius 1 is 1.04 bits per heavy atom. The first kappa shape index (κ1) is 18.8. The molecule has 0 fully saturated rings. The van der Waals surface area contributed by atoms with Crippen LogP contribution in [0.3, 0.4) is 0 Å². The fraction of sp³-hybridized carbons (Fsp3) is 0.200. The molecule has 1 aromatic heterocycles. The number of nitrogens with zero attached hydrogens (tertiary/aromatic N) is 2. The first-order valence-electron chi connectivity index (χ1n) is 8.65. The van der Waals surface area contributed by atoms with E-state index in [2.05, 4.69) is 10.4 Å². The van der Waals surface area contributed by atoms with Crippen LogP contribution in [0.4, 0.5) is 0 Å². The lowest BCUT2D eigenvalue weighted by Gasteiger charge is -2.10. The first-order chi connectivity index (χ1) is 13.0. The van der Waals surface area contributed by atoms with Gasteiger partial charge in [0, 0.05) is 18.9 Å². The highest BCUT2D eigenvalue weighted by Gasteiger charge is 2.20. The molecule has 0 aliphatic carbocycles. The van der Waals surface area contributed by atoms with Gasteiger partial charge in [-0.25, -0.2) is 8.42 Å². The lowest BCUT2D eigenvalue weighted by atomic mass is 10.1. The van der Waals surface area contributed by atoms with Gasteiger partial charge in [0.15, 0.2) is 9.84 Å². The number of sulfone groups is 1. The fourth-order valence-electron chi connectivity index (χ4n) is 2.70. The summed E-state index contributed by atoms with van der Waals surface area (Å²) in [6.45, 7) is 2.57. The molecule has 3 rings (SSSR count). The SMILES string of the molecule is CCS(=O)(=O)c1ccccc1C(=O)NCc1ccc(Cn2cccn2)cc1. The molecule has 0 saturated heterocycles. The van der Waals surface area contributed by atoms with Crippen molar-refractivity contribution in [1.82, 2.24) is 15.1 Å². The summed E-state index contributed by atoms with van der Waals surface area (Å²) in [4.78, 5) is 12.6. The average Bonchev–Trinajstić information content (AvgIpc) is 3.20. The van der Waals surface area contributed by atoms with Gasteiger partial charge in [0.2, 0.25) is 0 Å². The van der Waals surface area contributed by atoms with Crippen molar-refractivity contribution < 1.29 is 13.2 Å². The standard InChI is InChI=1S/C20H21N3O3S/c1-2-27(25,26)19-7-4-3-6-18(19)20(24)21-14-16-8-10-17(11-9-16)15-23-13-5-12-22-23/h3-13H,2,14-15H2,1H3,(H,21,24). The highest BCUT2D eigenvalue weighted by molar-refractivity contribution is 7.91. The third-order valence-corrected chi connectivity index (χ3v) is 6.01. The molecule has 6 nitrogen and oxygen atoms in total. The van der Waals surface area contributed by atoms with Gasteiger partial charge in [-0.15, -0.1) is 0 Å². The van der Waals surface area contributed by atoms with E-state index in [0.29, 0.717) is 13.1 Å². The molecule has 27 heavy (non-hydrogen) atoms. The van der Waals surface area contributed by atoms with Gasteiger partial charge in [0.1, 0.15) is 0 Å². The summed E-state index contributed by atoms with van der Waals surface area (Å²) in [6, 6.07) is 16.0. The second-order valence-corrected chi connectivity index (χ2v) is 8.35. The number of carbonyl (C=O) groups excluding carboxylic acids is 1. The van der Waals surface area contributed by atoms with Crippen molar-refractivity contribution in [3.05, 3.63) is 83.7 Å². The Balaban J connectivity index is 1.66. The van der Waals surface area contributed by atoms with Crippen molar-refractivity contribution in [3.8, 4) is 0 Å². The first-order valence-corrected chi connectivity index (χ1v) is 10.3. The van der Waals surface area contributed by atoms with Crippen molar-refractivity contribution in [1.29, 1.82) is 0 Å². The number of nitrogens with one attached hydrogen (secondary N) is 1. The minimum Gasteiger partial charge on any atom is -0.348 e. The Labute approximate surface area is 158 Å². The zero-order valence-corrected chi connectivity index (χ0v) is 15.8. The molecule has 0 aliphatic heterocycles. The van der Waals surface area contributed by atoms with E-state index in [1.54, 1.807) is 25.3 Å². The fourth-order valence-corrected chi connectivity index (χ4v) is 3.79. The Hall–Kier alpha value is -2.93. The smallest absolute Gasteiger partial charge is 0.252 e.